The second kappa shape index (κ2) is 10.2. The van der Waals surface area contributed by atoms with Gasteiger partial charge in [0.25, 0.3) is 5.22 Å². The number of rotatable bonds is 8. The molecule has 1 heterocycles. The van der Waals surface area contributed by atoms with E-state index in [9.17, 15) is 4.79 Å². The molecule has 0 spiro atoms. The van der Waals surface area contributed by atoms with E-state index in [1.807, 2.05) is 51.3 Å². The Kier molecular flexibility index (Phi) is 8.31. The van der Waals surface area contributed by atoms with Gasteiger partial charge in [-0.15, -0.1) is 10.2 Å². The smallest absolute Gasteiger partial charge is 0.408 e. The highest BCUT2D eigenvalue weighted by Gasteiger charge is 2.24. The summed E-state index contributed by atoms with van der Waals surface area (Å²) in [6.45, 7) is 5.46. The molecule has 2 aromatic rings. The number of ether oxygens (including phenoxy) is 1. The Morgan fingerprint density at radius 1 is 1.30 bits per heavy atom. The number of aromatic nitrogens is 2. The minimum atomic E-state index is -0.567. The number of amides is 1. The lowest BCUT2D eigenvalue weighted by Gasteiger charge is -2.22. The van der Waals surface area contributed by atoms with Crippen LogP contribution in [0.15, 0.2) is 33.9 Å². The van der Waals surface area contributed by atoms with Crippen LogP contribution in [0.3, 0.4) is 0 Å². The zero-order valence-corrected chi connectivity index (χ0v) is 18.2. The van der Waals surface area contributed by atoms with Crippen molar-refractivity contribution < 1.29 is 13.9 Å². The molecule has 1 atom stereocenters. The molecule has 0 saturated carbocycles. The fourth-order valence-corrected chi connectivity index (χ4v) is 3.41. The minimum absolute atomic E-state index is 0.383. The van der Waals surface area contributed by atoms with Crippen LogP contribution in [0.2, 0.25) is 5.02 Å². The van der Waals surface area contributed by atoms with Crippen LogP contribution in [0, 0.1) is 0 Å². The summed E-state index contributed by atoms with van der Waals surface area (Å²) in [5.41, 5.74) is 0.540. The van der Waals surface area contributed by atoms with Crippen molar-refractivity contribution in [3.8, 4) is 0 Å². The molecule has 1 N–H and O–H groups in total. The van der Waals surface area contributed by atoms with Gasteiger partial charge in [-0.25, -0.2) is 4.79 Å². The van der Waals surface area contributed by atoms with E-state index in [4.69, 9.17) is 20.8 Å². The highest BCUT2D eigenvalue weighted by molar-refractivity contribution is 7.98. The summed E-state index contributed by atoms with van der Waals surface area (Å²) < 4.78 is 11.1. The van der Waals surface area contributed by atoms with Gasteiger partial charge in [0.2, 0.25) is 5.89 Å². The number of hydrogen-bond acceptors (Lipinski definition) is 7. The van der Waals surface area contributed by atoms with E-state index >= 15 is 0 Å². The van der Waals surface area contributed by atoms with Gasteiger partial charge in [0.15, 0.2) is 0 Å². The largest absolute Gasteiger partial charge is 0.444 e. The van der Waals surface area contributed by atoms with Gasteiger partial charge < -0.3 is 14.5 Å². The van der Waals surface area contributed by atoms with Crippen LogP contribution in [0.5, 0.6) is 0 Å². The molecule has 0 radical (unpaired) electrons. The first-order chi connectivity index (χ1) is 12.8. The van der Waals surface area contributed by atoms with Gasteiger partial charge in [-0.2, -0.15) is 11.8 Å². The lowest BCUT2D eigenvalue weighted by molar-refractivity contribution is 0.0493. The lowest BCUT2D eigenvalue weighted by atomic mass is 10.2. The molecule has 6 nitrogen and oxygen atoms in total. The van der Waals surface area contributed by atoms with Gasteiger partial charge in [-0.1, -0.05) is 35.5 Å². The molecule has 148 valence electrons. The maximum Gasteiger partial charge on any atom is 0.408 e. The summed E-state index contributed by atoms with van der Waals surface area (Å²) >= 11 is 9.02. The highest BCUT2D eigenvalue weighted by Crippen LogP contribution is 2.26. The fraction of sp³-hybridized carbons (Fsp3) is 0.500. The number of benzene rings is 1. The standard InChI is InChI=1S/C18H24ClN3O3S2/c1-18(2,3)25-16(23)20-14(9-10-26-4)15-21-22-17(24-15)27-11-12-5-7-13(19)8-6-12/h5-8,14H,9-11H2,1-4H3,(H,20,23)/t14-/m0/s1. The molecule has 27 heavy (non-hydrogen) atoms. The second-order valence-electron chi connectivity index (χ2n) is 6.80. The van der Waals surface area contributed by atoms with Gasteiger partial charge in [0, 0.05) is 10.8 Å². The summed E-state index contributed by atoms with van der Waals surface area (Å²) in [4.78, 5) is 12.1. The van der Waals surface area contributed by atoms with E-state index in [1.54, 1.807) is 11.8 Å². The lowest BCUT2D eigenvalue weighted by Crippen LogP contribution is -2.35. The highest BCUT2D eigenvalue weighted by atomic mass is 35.5. The van der Waals surface area contributed by atoms with Crippen molar-refractivity contribution in [1.29, 1.82) is 0 Å². The molecule has 0 saturated heterocycles. The average Bonchev–Trinajstić information content (AvgIpc) is 3.05. The maximum atomic E-state index is 12.1. The Balaban J connectivity index is 1.99. The first kappa shape index (κ1) is 21.9. The van der Waals surface area contributed by atoms with Crippen molar-refractivity contribution in [3.63, 3.8) is 0 Å². The Hall–Kier alpha value is -1.38. The van der Waals surface area contributed by atoms with Crippen molar-refractivity contribution in [2.75, 3.05) is 12.0 Å². The third-order valence-corrected chi connectivity index (χ3v) is 5.08. The molecular formula is C18H24ClN3O3S2. The number of nitrogens with one attached hydrogen (secondary N) is 1. The molecule has 0 aliphatic rings. The number of alkyl carbamates (subject to hydrolysis) is 1. The normalized spacial score (nSPS) is 12.6. The molecule has 0 aliphatic carbocycles. The van der Waals surface area contributed by atoms with E-state index in [-0.39, 0.29) is 6.04 Å². The summed E-state index contributed by atoms with van der Waals surface area (Å²) in [5.74, 6) is 1.91. The summed E-state index contributed by atoms with van der Waals surface area (Å²) in [5, 5.41) is 12.2. The Labute approximate surface area is 173 Å². The number of hydrogen-bond donors (Lipinski definition) is 1. The first-order valence-corrected chi connectivity index (χ1v) is 11.2. The number of thioether (sulfide) groups is 2. The van der Waals surface area contributed by atoms with Crippen molar-refractivity contribution in [1.82, 2.24) is 15.5 Å². The number of nitrogens with zero attached hydrogens (tertiary/aromatic N) is 2. The van der Waals surface area contributed by atoms with E-state index in [2.05, 4.69) is 15.5 Å². The van der Waals surface area contributed by atoms with Crippen LogP contribution in [0.1, 0.15) is 44.7 Å². The van der Waals surface area contributed by atoms with Gasteiger partial charge in [-0.05, 0) is 56.9 Å². The molecule has 1 aromatic carbocycles. The zero-order chi connectivity index (χ0) is 19.9. The van der Waals surface area contributed by atoms with Crippen LogP contribution in [0.4, 0.5) is 4.79 Å². The molecule has 0 fully saturated rings. The third kappa shape index (κ3) is 8.02. The molecular weight excluding hydrogens is 406 g/mol. The van der Waals surface area contributed by atoms with Gasteiger partial charge in [-0.3, -0.25) is 0 Å². The van der Waals surface area contributed by atoms with E-state index in [0.717, 1.165) is 11.3 Å². The second-order valence-corrected chi connectivity index (χ2v) is 9.15. The van der Waals surface area contributed by atoms with Crippen LogP contribution >= 0.6 is 35.1 Å². The van der Waals surface area contributed by atoms with Crippen molar-refractivity contribution in [2.24, 2.45) is 0 Å². The molecule has 1 amide bonds. The summed E-state index contributed by atoms with van der Waals surface area (Å²) in [6.07, 6.45) is 2.18. The summed E-state index contributed by atoms with van der Waals surface area (Å²) in [6, 6.07) is 7.22. The Bertz CT molecular complexity index is 732. The van der Waals surface area contributed by atoms with Crippen molar-refractivity contribution in [2.45, 2.75) is 49.8 Å². The van der Waals surface area contributed by atoms with E-state index < -0.39 is 11.7 Å². The quantitative estimate of drug-likeness (QED) is 0.568. The molecule has 1 aromatic heterocycles. The molecule has 2 rings (SSSR count). The predicted molar refractivity (Wildman–Crippen MR) is 110 cm³/mol. The molecule has 0 bridgehead atoms. The third-order valence-electron chi connectivity index (χ3n) is 3.30. The molecule has 0 unspecified atom stereocenters. The topological polar surface area (TPSA) is 77.2 Å². The SMILES string of the molecule is CSCC[C@H](NC(=O)OC(C)(C)C)c1nnc(SCc2ccc(Cl)cc2)o1. The first-order valence-electron chi connectivity index (χ1n) is 8.46. The fourth-order valence-electron chi connectivity index (χ4n) is 2.09. The number of carbonyl (C=O) groups is 1. The van der Waals surface area contributed by atoms with E-state index in [1.165, 1.54) is 11.8 Å². The molecule has 9 heteroatoms. The van der Waals surface area contributed by atoms with Crippen LogP contribution in [-0.4, -0.2) is 33.9 Å². The zero-order valence-electron chi connectivity index (χ0n) is 15.8. The average molecular weight is 430 g/mol. The van der Waals surface area contributed by atoms with Gasteiger partial charge in [0.05, 0.1) is 0 Å². The Morgan fingerprint density at radius 3 is 2.63 bits per heavy atom. The predicted octanol–water partition coefficient (Wildman–Crippen LogP) is 5.33. The van der Waals surface area contributed by atoms with Crippen LogP contribution in [-0.2, 0) is 10.5 Å². The molecule has 0 aliphatic heterocycles. The van der Waals surface area contributed by atoms with Crippen LogP contribution < -0.4 is 5.32 Å². The minimum Gasteiger partial charge on any atom is -0.444 e. The maximum absolute atomic E-state index is 12.1. The van der Waals surface area contributed by atoms with Crippen LogP contribution in [0.25, 0.3) is 0 Å². The van der Waals surface area contributed by atoms with Gasteiger partial charge >= 0.3 is 6.09 Å². The van der Waals surface area contributed by atoms with Crippen molar-refractivity contribution >= 4 is 41.2 Å². The van der Waals surface area contributed by atoms with Gasteiger partial charge in [0.1, 0.15) is 11.6 Å². The number of carbonyl (C=O) groups excluding carboxylic acids is 1. The Morgan fingerprint density at radius 2 is 2.00 bits per heavy atom. The monoisotopic (exact) mass is 429 g/mol. The van der Waals surface area contributed by atoms with Crippen molar-refractivity contribution in [3.05, 3.63) is 40.7 Å². The van der Waals surface area contributed by atoms with E-state index in [0.29, 0.717) is 28.3 Å². The number of halogens is 1. The summed E-state index contributed by atoms with van der Waals surface area (Å²) in [7, 11) is 0.